The molecule has 1 rings (SSSR count). The van der Waals surface area contributed by atoms with Crippen LogP contribution in [-0.4, -0.2) is 15.7 Å². The number of thioether (sulfide) groups is 1. The number of hydrogen-bond donors (Lipinski definition) is 1. The van der Waals surface area contributed by atoms with Crippen LogP contribution < -0.4 is 5.73 Å². The zero-order valence-corrected chi connectivity index (χ0v) is 8.84. The van der Waals surface area contributed by atoms with Crippen LogP contribution in [0.2, 0.25) is 0 Å². The summed E-state index contributed by atoms with van der Waals surface area (Å²) >= 11 is 1.71. The lowest BCUT2D eigenvalue weighted by Gasteiger charge is -2.06. The molecule has 3 nitrogen and oxygen atoms in total. The van der Waals surface area contributed by atoms with Crippen molar-refractivity contribution in [2.24, 2.45) is 5.92 Å². The van der Waals surface area contributed by atoms with Crippen molar-refractivity contribution in [1.29, 1.82) is 0 Å². The van der Waals surface area contributed by atoms with Crippen molar-refractivity contribution in [2.45, 2.75) is 25.3 Å². The molecule has 1 unspecified atom stereocenters. The van der Waals surface area contributed by atoms with Crippen molar-refractivity contribution in [3.8, 4) is 0 Å². The Kier molecular flexibility index (Phi) is 4.02. The van der Waals surface area contributed by atoms with Crippen molar-refractivity contribution < 1.29 is 0 Å². The Hall–Kier alpha value is -0.770. The van der Waals surface area contributed by atoms with Gasteiger partial charge in [-0.15, -0.1) is 11.8 Å². The van der Waals surface area contributed by atoms with Gasteiger partial charge in [0, 0.05) is 5.75 Å². The van der Waals surface area contributed by atoms with E-state index < -0.39 is 0 Å². The van der Waals surface area contributed by atoms with E-state index in [1.165, 1.54) is 6.42 Å². The number of nitrogens with zero attached hydrogens (tertiary/aromatic N) is 2. The second-order valence-electron chi connectivity index (χ2n) is 3.11. The standard InChI is InChI=1S/C9H15N3S/c1-3-7(2)6-13-9-5-11-4-8(10)12-9/h4-5,7H,3,6H2,1-2H3,(H2,10,12). The van der Waals surface area contributed by atoms with Crippen LogP contribution in [0.3, 0.4) is 0 Å². The largest absolute Gasteiger partial charge is 0.382 e. The third kappa shape index (κ3) is 3.63. The predicted octanol–water partition coefficient (Wildman–Crippen LogP) is 2.20. The minimum absolute atomic E-state index is 0.495. The molecule has 1 aromatic heterocycles. The Labute approximate surface area is 83.2 Å². The molecule has 13 heavy (non-hydrogen) atoms. The summed E-state index contributed by atoms with van der Waals surface area (Å²) in [6.45, 7) is 4.42. The number of rotatable bonds is 4. The molecule has 0 bridgehead atoms. The van der Waals surface area contributed by atoms with Crippen LogP contribution in [0.25, 0.3) is 0 Å². The third-order valence-electron chi connectivity index (χ3n) is 1.84. The first-order valence-electron chi connectivity index (χ1n) is 4.42. The Balaban J connectivity index is 2.45. The van der Waals surface area contributed by atoms with Gasteiger partial charge in [0.15, 0.2) is 0 Å². The summed E-state index contributed by atoms with van der Waals surface area (Å²) in [6.07, 6.45) is 4.51. The second kappa shape index (κ2) is 5.07. The van der Waals surface area contributed by atoms with Crippen LogP contribution in [0.15, 0.2) is 17.4 Å². The van der Waals surface area contributed by atoms with Crippen molar-refractivity contribution in [3.05, 3.63) is 12.4 Å². The van der Waals surface area contributed by atoms with Crippen LogP contribution in [0.5, 0.6) is 0 Å². The van der Waals surface area contributed by atoms with E-state index in [-0.39, 0.29) is 0 Å². The number of aromatic nitrogens is 2. The second-order valence-corrected chi connectivity index (χ2v) is 4.15. The maximum Gasteiger partial charge on any atom is 0.143 e. The van der Waals surface area contributed by atoms with Crippen LogP contribution in [0, 0.1) is 5.92 Å². The molecule has 0 fully saturated rings. The number of nitrogen functional groups attached to an aromatic ring is 1. The monoisotopic (exact) mass is 197 g/mol. The lowest BCUT2D eigenvalue weighted by molar-refractivity contribution is 0.636. The molecule has 72 valence electrons. The summed E-state index contributed by atoms with van der Waals surface area (Å²) in [5.74, 6) is 2.29. The molecule has 0 aliphatic carbocycles. The molecule has 0 radical (unpaired) electrons. The molecular formula is C9H15N3S. The molecule has 0 saturated carbocycles. The SMILES string of the molecule is CCC(C)CSc1cncc(N)n1. The Morgan fingerprint density at radius 1 is 1.54 bits per heavy atom. The molecule has 0 aliphatic rings. The molecule has 1 aromatic rings. The summed E-state index contributed by atoms with van der Waals surface area (Å²) in [5.41, 5.74) is 5.51. The van der Waals surface area contributed by atoms with Crippen molar-refractivity contribution in [3.63, 3.8) is 0 Å². The average Bonchev–Trinajstić information content (AvgIpc) is 2.14. The molecule has 0 aliphatic heterocycles. The van der Waals surface area contributed by atoms with E-state index in [0.29, 0.717) is 11.7 Å². The lowest BCUT2D eigenvalue weighted by Crippen LogP contribution is -1.97. The van der Waals surface area contributed by atoms with Gasteiger partial charge in [-0.1, -0.05) is 20.3 Å². The van der Waals surface area contributed by atoms with Crippen molar-refractivity contribution in [2.75, 3.05) is 11.5 Å². The maximum absolute atomic E-state index is 5.51. The molecule has 4 heteroatoms. The lowest BCUT2D eigenvalue weighted by atomic mass is 10.2. The van der Waals surface area contributed by atoms with E-state index in [9.17, 15) is 0 Å². The molecule has 0 saturated heterocycles. The highest BCUT2D eigenvalue weighted by atomic mass is 32.2. The van der Waals surface area contributed by atoms with Gasteiger partial charge >= 0.3 is 0 Å². The summed E-state index contributed by atoms with van der Waals surface area (Å²) in [5, 5.41) is 0.917. The molecule has 0 spiro atoms. The van der Waals surface area contributed by atoms with Gasteiger partial charge in [0.25, 0.3) is 0 Å². The van der Waals surface area contributed by atoms with Gasteiger partial charge in [0.1, 0.15) is 10.8 Å². The van der Waals surface area contributed by atoms with Crippen LogP contribution >= 0.6 is 11.8 Å². The smallest absolute Gasteiger partial charge is 0.143 e. The minimum Gasteiger partial charge on any atom is -0.382 e. The topological polar surface area (TPSA) is 51.8 Å². The quantitative estimate of drug-likeness (QED) is 0.752. The maximum atomic E-state index is 5.51. The van der Waals surface area contributed by atoms with Crippen molar-refractivity contribution >= 4 is 17.6 Å². The Morgan fingerprint density at radius 2 is 2.31 bits per heavy atom. The van der Waals surface area contributed by atoms with E-state index in [2.05, 4.69) is 23.8 Å². The highest BCUT2D eigenvalue weighted by Crippen LogP contribution is 2.19. The molecule has 1 heterocycles. The van der Waals surface area contributed by atoms with Gasteiger partial charge in [0.2, 0.25) is 0 Å². The molecule has 1 atom stereocenters. The van der Waals surface area contributed by atoms with Crippen LogP contribution in [-0.2, 0) is 0 Å². The summed E-state index contributed by atoms with van der Waals surface area (Å²) < 4.78 is 0. The zero-order valence-electron chi connectivity index (χ0n) is 8.03. The van der Waals surface area contributed by atoms with Gasteiger partial charge in [-0.25, -0.2) is 4.98 Å². The molecule has 0 aromatic carbocycles. The zero-order chi connectivity index (χ0) is 9.68. The predicted molar refractivity (Wildman–Crippen MR) is 56.6 cm³/mol. The number of anilines is 1. The Bertz CT molecular complexity index is 265. The first-order valence-corrected chi connectivity index (χ1v) is 5.41. The van der Waals surface area contributed by atoms with Gasteiger partial charge < -0.3 is 5.73 Å². The van der Waals surface area contributed by atoms with Gasteiger partial charge in [-0.3, -0.25) is 4.98 Å². The van der Waals surface area contributed by atoms with Crippen molar-refractivity contribution in [1.82, 2.24) is 9.97 Å². The normalized spacial score (nSPS) is 12.8. The highest BCUT2D eigenvalue weighted by molar-refractivity contribution is 7.99. The molecule has 0 amide bonds. The summed E-state index contributed by atoms with van der Waals surface area (Å²) in [7, 11) is 0. The van der Waals surface area contributed by atoms with E-state index in [1.54, 1.807) is 24.2 Å². The summed E-state index contributed by atoms with van der Waals surface area (Å²) in [4.78, 5) is 8.14. The first-order chi connectivity index (χ1) is 6.22. The van der Waals surface area contributed by atoms with Crippen LogP contribution in [0.4, 0.5) is 5.82 Å². The highest BCUT2D eigenvalue weighted by Gasteiger charge is 2.01. The fourth-order valence-electron chi connectivity index (χ4n) is 0.777. The van der Waals surface area contributed by atoms with E-state index in [0.717, 1.165) is 10.8 Å². The molecule has 2 N–H and O–H groups in total. The summed E-state index contributed by atoms with van der Waals surface area (Å²) in [6, 6.07) is 0. The Morgan fingerprint density at radius 3 is 2.92 bits per heavy atom. The number of nitrogens with two attached hydrogens (primary N) is 1. The first kappa shape index (κ1) is 10.3. The van der Waals surface area contributed by atoms with E-state index >= 15 is 0 Å². The van der Waals surface area contributed by atoms with Gasteiger partial charge in [0.05, 0.1) is 12.4 Å². The van der Waals surface area contributed by atoms with E-state index in [4.69, 9.17) is 5.73 Å². The molecular weight excluding hydrogens is 182 g/mol. The van der Waals surface area contributed by atoms with Gasteiger partial charge in [-0.2, -0.15) is 0 Å². The van der Waals surface area contributed by atoms with E-state index in [1.807, 2.05) is 0 Å². The fourth-order valence-corrected chi connectivity index (χ4v) is 1.77. The van der Waals surface area contributed by atoms with Crippen LogP contribution in [0.1, 0.15) is 20.3 Å². The average molecular weight is 197 g/mol. The van der Waals surface area contributed by atoms with Gasteiger partial charge in [-0.05, 0) is 5.92 Å². The fraction of sp³-hybridized carbons (Fsp3) is 0.556. The minimum atomic E-state index is 0.495. The third-order valence-corrected chi connectivity index (χ3v) is 3.07. The number of hydrogen-bond acceptors (Lipinski definition) is 4.